The van der Waals surface area contributed by atoms with E-state index in [1.165, 1.54) is 7.11 Å². The Labute approximate surface area is 197 Å². The third-order valence-corrected chi connectivity index (χ3v) is 6.86. The number of halogens is 2. The normalized spacial score (nSPS) is 24.0. The summed E-state index contributed by atoms with van der Waals surface area (Å²) in [4.78, 5) is 39.3. The topological polar surface area (TPSA) is 81.7 Å². The Hall–Kier alpha value is -2.31. The van der Waals surface area contributed by atoms with Gasteiger partial charge in [-0.1, -0.05) is 43.1 Å². The van der Waals surface area contributed by atoms with Gasteiger partial charge in [-0.2, -0.15) is 0 Å². The van der Waals surface area contributed by atoms with E-state index in [9.17, 15) is 14.4 Å². The number of esters is 2. The maximum atomic E-state index is 13.6. The Bertz CT molecular complexity index is 1030. The summed E-state index contributed by atoms with van der Waals surface area (Å²) in [6.45, 7) is 7.35. The van der Waals surface area contributed by atoms with E-state index < -0.39 is 23.8 Å². The summed E-state index contributed by atoms with van der Waals surface area (Å²) in [5.41, 5.74) is 2.59. The zero-order valence-corrected chi connectivity index (χ0v) is 20.3. The monoisotopic (exact) mass is 479 g/mol. The molecule has 3 rings (SSSR count). The number of rotatable bonds is 5. The predicted octanol–water partition coefficient (Wildman–Crippen LogP) is 4.95. The zero-order valence-electron chi connectivity index (χ0n) is 18.8. The van der Waals surface area contributed by atoms with Crippen molar-refractivity contribution >= 4 is 40.9 Å². The largest absolute Gasteiger partial charge is 0.468 e. The Morgan fingerprint density at radius 3 is 2.53 bits per heavy atom. The molecule has 0 aromatic heterocycles. The summed E-state index contributed by atoms with van der Waals surface area (Å²) in [6.07, 6.45) is 0.819. The molecule has 0 bridgehead atoms. The standard InChI is InChI=1S/C24H27Cl2NO5/c1-6-12(3)32-24(30)19-13(4)27-17-9-11(2)18(23(29)31-5)22(28)21(17)20(19)14-7-8-15(25)16(26)10-14/h7-8,10-12,18,20,27H,6,9H2,1-5H3/t11-,12-,18+,20-/m0/s1. The third-order valence-electron chi connectivity index (χ3n) is 6.12. The van der Waals surface area contributed by atoms with Gasteiger partial charge in [0.2, 0.25) is 0 Å². The Balaban J connectivity index is 2.19. The maximum absolute atomic E-state index is 13.6. The van der Waals surface area contributed by atoms with Crippen molar-refractivity contribution in [3.63, 3.8) is 0 Å². The van der Waals surface area contributed by atoms with E-state index in [1.807, 2.05) is 20.8 Å². The molecule has 0 unspecified atom stereocenters. The number of dihydropyridines is 1. The molecule has 1 aromatic carbocycles. The fourth-order valence-corrected chi connectivity index (χ4v) is 4.61. The Morgan fingerprint density at radius 1 is 1.25 bits per heavy atom. The van der Waals surface area contributed by atoms with Gasteiger partial charge in [0.1, 0.15) is 5.92 Å². The molecular weight excluding hydrogens is 453 g/mol. The van der Waals surface area contributed by atoms with Crippen molar-refractivity contribution in [3.8, 4) is 0 Å². The molecule has 0 radical (unpaired) electrons. The van der Waals surface area contributed by atoms with E-state index >= 15 is 0 Å². The molecule has 1 aromatic rings. The Kier molecular flexibility index (Phi) is 7.36. The average Bonchev–Trinajstić information content (AvgIpc) is 2.74. The predicted molar refractivity (Wildman–Crippen MR) is 122 cm³/mol. The van der Waals surface area contributed by atoms with E-state index in [1.54, 1.807) is 25.1 Å². The van der Waals surface area contributed by atoms with E-state index in [2.05, 4.69) is 5.32 Å². The molecule has 1 aliphatic heterocycles. The van der Waals surface area contributed by atoms with Gasteiger partial charge in [0.05, 0.1) is 28.8 Å². The van der Waals surface area contributed by atoms with Gasteiger partial charge in [-0.05, 0) is 50.3 Å². The SMILES string of the molecule is CC[C@H](C)OC(=O)C1=C(C)NC2=C(C(=O)[C@H](C(=O)OC)[C@@H](C)C2)[C@H]1c1ccc(Cl)c(Cl)c1. The highest BCUT2D eigenvalue weighted by molar-refractivity contribution is 6.42. The van der Waals surface area contributed by atoms with Crippen LogP contribution in [0.1, 0.15) is 52.0 Å². The molecule has 0 spiro atoms. The summed E-state index contributed by atoms with van der Waals surface area (Å²) < 4.78 is 10.5. The van der Waals surface area contributed by atoms with Crippen molar-refractivity contribution in [2.45, 2.75) is 52.6 Å². The zero-order chi connectivity index (χ0) is 23.7. The minimum Gasteiger partial charge on any atom is -0.468 e. The second-order valence-corrected chi connectivity index (χ2v) is 9.15. The highest BCUT2D eigenvalue weighted by Crippen LogP contribution is 2.46. The van der Waals surface area contributed by atoms with Crippen molar-refractivity contribution in [2.75, 3.05) is 7.11 Å². The van der Waals surface area contributed by atoms with Crippen LogP contribution in [0.3, 0.4) is 0 Å². The van der Waals surface area contributed by atoms with Crippen LogP contribution in [-0.2, 0) is 23.9 Å². The van der Waals surface area contributed by atoms with Crippen molar-refractivity contribution in [1.82, 2.24) is 5.32 Å². The fraction of sp³-hybridized carbons (Fsp3) is 0.458. The van der Waals surface area contributed by atoms with Crippen molar-refractivity contribution in [2.24, 2.45) is 11.8 Å². The molecule has 0 fully saturated rings. The number of allylic oxidation sites excluding steroid dienone is 3. The summed E-state index contributed by atoms with van der Waals surface area (Å²) in [7, 11) is 1.26. The van der Waals surface area contributed by atoms with Gasteiger partial charge in [-0.15, -0.1) is 0 Å². The van der Waals surface area contributed by atoms with Crippen LogP contribution in [0.5, 0.6) is 0 Å². The maximum Gasteiger partial charge on any atom is 0.337 e. The van der Waals surface area contributed by atoms with Crippen molar-refractivity contribution in [3.05, 3.63) is 56.3 Å². The molecule has 2 aliphatic rings. The summed E-state index contributed by atoms with van der Waals surface area (Å²) in [5.74, 6) is -3.42. The van der Waals surface area contributed by atoms with Crippen molar-refractivity contribution < 1.29 is 23.9 Å². The molecule has 0 amide bonds. The number of carbonyl (C=O) groups is 3. The fourth-order valence-electron chi connectivity index (χ4n) is 4.31. The molecule has 0 saturated heterocycles. The molecule has 1 aliphatic carbocycles. The number of hydrogen-bond acceptors (Lipinski definition) is 6. The molecule has 172 valence electrons. The van der Waals surface area contributed by atoms with E-state index in [-0.39, 0.29) is 17.8 Å². The number of Topliss-reactive ketones (excluding diaryl/α,β-unsaturated/α-hetero) is 1. The van der Waals surface area contributed by atoms with Gasteiger partial charge in [-0.25, -0.2) is 4.79 Å². The average molecular weight is 480 g/mol. The molecule has 8 heteroatoms. The molecule has 1 N–H and O–H groups in total. The number of hydrogen-bond donors (Lipinski definition) is 1. The number of nitrogens with one attached hydrogen (secondary N) is 1. The third kappa shape index (κ3) is 4.44. The first-order valence-electron chi connectivity index (χ1n) is 10.6. The van der Waals surface area contributed by atoms with Gasteiger partial charge in [0.15, 0.2) is 5.78 Å². The first-order valence-corrected chi connectivity index (χ1v) is 11.3. The second kappa shape index (κ2) is 9.67. The number of methoxy groups -OCH3 is 1. The molecular formula is C24H27Cl2NO5. The smallest absolute Gasteiger partial charge is 0.337 e. The van der Waals surface area contributed by atoms with Gasteiger partial charge < -0.3 is 14.8 Å². The highest BCUT2D eigenvalue weighted by Gasteiger charge is 2.47. The van der Waals surface area contributed by atoms with Crippen LogP contribution in [0, 0.1) is 11.8 Å². The van der Waals surface area contributed by atoms with Crippen LogP contribution in [-0.4, -0.2) is 30.9 Å². The van der Waals surface area contributed by atoms with Crippen LogP contribution in [0.2, 0.25) is 10.0 Å². The van der Waals surface area contributed by atoms with E-state index in [0.29, 0.717) is 51.0 Å². The van der Waals surface area contributed by atoms with Gasteiger partial charge >= 0.3 is 11.9 Å². The number of ketones is 1. The van der Waals surface area contributed by atoms with Gasteiger partial charge in [0.25, 0.3) is 0 Å². The lowest BCUT2D eigenvalue weighted by molar-refractivity contribution is -0.151. The lowest BCUT2D eigenvalue weighted by Crippen LogP contribution is -2.43. The van der Waals surface area contributed by atoms with E-state index in [4.69, 9.17) is 32.7 Å². The van der Waals surface area contributed by atoms with Crippen LogP contribution in [0.4, 0.5) is 0 Å². The summed E-state index contributed by atoms with van der Waals surface area (Å²) in [6, 6.07) is 5.01. The number of ether oxygens (including phenoxy) is 2. The van der Waals surface area contributed by atoms with Crippen LogP contribution in [0.25, 0.3) is 0 Å². The highest BCUT2D eigenvalue weighted by atomic mass is 35.5. The lowest BCUT2D eigenvalue weighted by Gasteiger charge is -2.38. The molecule has 4 atom stereocenters. The van der Waals surface area contributed by atoms with Crippen LogP contribution < -0.4 is 5.32 Å². The lowest BCUT2D eigenvalue weighted by atomic mass is 9.69. The first kappa shape index (κ1) is 24.3. The minimum atomic E-state index is -0.948. The number of carbonyl (C=O) groups excluding carboxylic acids is 3. The first-order chi connectivity index (χ1) is 15.1. The van der Waals surface area contributed by atoms with Gasteiger partial charge in [-0.3, -0.25) is 9.59 Å². The summed E-state index contributed by atoms with van der Waals surface area (Å²) >= 11 is 12.4. The molecule has 32 heavy (non-hydrogen) atoms. The van der Waals surface area contributed by atoms with Crippen molar-refractivity contribution in [1.29, 1.82) is 0 Å². The van der Waals surface area contributed by atoms with E-state index in [0.717, 1.165) is 0 Å². The number of benzene rings is 1. The van der Waals surface area contributed by atoms with Gasteiger partial charge in [0, 0.05) is 22.9 Å². The minimum absolute atomic E-state index is 0.253. The molecule has 6 nitrogen and oxygen atoms in total. The Morgan fingerprint density at radius 2 is 1.94 bits per heavy atom. The summed E-state index contributed by atoms with van der Waals surface area (Å²) in [5, 5.41) is 3.90. The quantitative estimate of drug-likeness (QED) is 0.475. The van der Waals surface area contributed by atoms with Crippen LogP contribution in [0.15, 0.2) is 40.7 Å². The molecule has 0 saturated carbocycles. The van der Waals surface area contributed by atoms with Crippen LogP contribution >= 0.6 is 23.2 Å². The second-order valence-electron chi connectivity index (χ2n) is 8.33. The molecule has 1 heterocycles.